The van der Waals surface area contributed by atoms with Crippen LogP contribution in [0.3, 0.4) is 0 Å². The molecule has 1 heterocycles. The molecule has 17 heavy (non-hydrogen) atoms. The third-order valence-electron chi connectivity index (χ3n) is 3.06. The first-order chi connectivity index (χ1) is 8.22. The summed E-state index contributed by atoms with van der Waals surface area (Å²) in [6.07, 6.45) is 0.979. The van der Waals surface area contributed by atoms with Gasteiger partial charge in [-0.25, -0.2) is 4.79 Å². The normalized spacial score (nSPS) is 18.3. The molecule has 4 heteroatoms. The van der Waals surface area contributed by atoms with Crippen LogP contribution in [-0.2, 0) is 0 Å². The maximum Gasteiger partial charge on any atom is 0.335 e. The largest absolute Gasteiger partial charge is 0.493 e. The predicted molar refractivity (Wildman–Crippen MR) is 64.8 cm³/mol. The average Bonchev–Trinajstić information content (AvgIpc) is 2.35. The van der Waals surface area contributed by atoms with Crippen LogP contribution in [-0.4, -0.2) is 30.8 Å². The van der Waals surface area contributed by atoms with Crippen molar-refractivity contribution in [3.8, 4) is 5.75 Å². The molecule has 4 nitrogen and oxygen atoms in total. The van der Waals surface area contributed by atoms with Crippen LogP contribution in [0.15, 0.2) is 18.2 Å². The minimum Gasteiger partial charge on any atom is -0.493 e. The highest BCUT2D eigenvalue weighted by Crippen LogP contribution is 2.33. The average molecular weight is 235 g/mol. The van der Waals surface area contributed by atoms with E-state index in [1.165, 1.54) is 0 Å². The second-order valence-electron chi connectivity index (χ2n) is 4.20. The SMILES string of the molecule is CCNCC1CCOc2cc(C(=O)O)ccc21. The summed E-state index contributed by atoms with van der Waals surface area (Å²) in [5, 5.41) is 12.3. The van der Waals surface area contributed by atoms with Crippen LogP contribution in [0.1, 0.15) is 35.2 Å². The lowest BCUT2D eigenvalue weighted by atomic mass is 9.92. The molecule has 1 aromatic rings. The predicted octanol–water partition coefficient (Wildman–Crippen LogP) is 1.86. The summed E-state index contributed by atoms with van der Waals surface area (Å²) in [7, 11) is 0. The van der Waals surface area contributed by atoms with Crippen molar-refractivity contribution < 1.29 is 14.6 Å². The summed E-state index contributed by atoms with van der Waals surface area (Å²) in [5.74, 6) is 0.228. The second-order valence-corrected chi connectivity index (χ2v) is 4.20. The number of fused-ring (bicyclic) bond motifs is 1. The fourth-order valence-corrected chi connectivity index (χ4v) is 2.13. The van der Waals surface area contributed by atoms with E-state index in [-0.39, 0.29) is 5.56 Å². The number of benzene rings is 1. The quantitative estimate of drug-likeness (QED) is 0.836. The number of carboxylic acid groups (broad SMARTS) is 1. The molecule has 0 aromatic heterocycles. The highest BCUT2D eigenvalue weighted by molar-refractivity contribution is 5.88. The van der Waals surface area contributed by atoms with E-state index in [1.807, 2.05) is 6.07 Å². The summed E-state index contributed by atoms with van der Waals surface area (Å²) in [6.45, 7) is 4.60. The molecule has 0 bridgehead atoms. The third kappa shape index (κ3) is 2.58. The Morgan fingerprint density at radius 1 is 1.59 bits per heavy atom. The van der Waals surface area contributed by atoms with Gasteiger partial charge in [0.25, 0.3) is 0 Å². The number of hydrogen-bond acceptors (Lipinski definition) is 3. The van der Waals surface area contributed by atoms with E-state index in [2.05, 4.69) is 12.2 Å². The van der Waals surface area contributed by atoms with Gasteiger partial charge in [0.15, 0.2) is 0 Å². The molecule has 0 saturated heterocycles. The Hall–Kier alpha value is -1.55. The zero-order valence-electron chi connectivity index (χ0n) is 9.90. The maximum absolute atomic E-state index is 10.9. The Bertz CT molecular complexity index is 417. The molecule has 1 aliphatic rings. The summed E-state index contributed by atoms with van der Waals surface area (Å²) >= 11 is 0. The lowest BCUT2D eigenvalue weighted by molar-refractivity contribution is 0.0696. The van der Waals surface area contributed by atoms with Gasteiger partial charge in [-0.1, -0.05) is 13.0 Å². The molecule has 0 amide bonds. The Morgan fingerprint density at radius 3 is 3.12 bits per heavy atom. The van der Waals surface area contributed by atoms with Gasteiger partial charge in [-0.15, -0.1) is 0 Å². The number of nitrogens with one attached hydrogen (secondary N) is 1. The summed E-state index contributed by atoms with van der Waals surface area (Å²) in [6, 6.07) is 5.14. The van der Waals surface area contributed by atoms with Crippen molar-refractivity contribution in [3.63, 3.8) is 0 Å². The van der Waals surface area contributed by atoms with E-state index in [9.17, 15) is 4.79 Å². The maximum atomic E-state index is 10.9. The van der Waals surface area contributed by atoms with Crippen LogP contribution < -0.4 is 10.1 Å². The number of ether oxygens (including phenoxy) is 1. The van der Waals surface area contributed by atoms with Crippen molar-refractivity contribution in [2.24, 2.45) is 0 Å². The lowest BCUT2D eigenvalue weighted by Crippen LogP contribution is -2.25. The van der Waals surface area contributed by atoms with Gasteiger partial charge < -0.3 is 15.2 Å². The van der Waals surface area contributed by atoms with Gasteiger partial charge in [-0.05, 0) is 30.7 Å². The molecule has 0 fully saturated rings. The Labute approximate surface area is 101 Å². The van der Waals surface area contributed by atoms with E-state index in [0.717, 1.165) is 30.8 Å². The smallest absolute Gasteiger partial charge is 0.335 e. The number of hydrogen-bond donors (Lipinski definition) is 2. The fraction of sp³-hybridized carbons (Fsp3) is 0.462. The fourth-order valence-electron chi connectivity index (χ4n) is 2.13. The highest BCUT2D eigenvalue weighted by Gasteiger charge is 2.22. The molecule has 1 aliphatic heterocycles. The van der Waals surface area contributed by atoms with Gasteiger partial charge in [0, 0.05) is 12.5 Å². The van der Waals surface area contributed by atoms with E-state index < -0.39 is 5.97 Å². The zero-order valence-corrected chi connectivity index (χ0v) is 9.90. The minimum atomic E-state index is -0.912. The van der Waals surface area contributed by atoms with Crippen molar-refractivity contribution in [2.45, 2.75) is 19.3 Å². The first kappa shape index (κ1) is 11.9. The van der Waals surface area contributed by atoms with E-state index in [1.54, 1.807) is 12.1 Å². The Kier molecular flexibility index (Phi) is 3.64. The molecule has 2 rings (SSSR count). The van der Waals surface area contributed by atoms with Gasteiger partial charge in [-0.3, -0.25) is 0 Å². The molecule has 0 radical (unpaired) electrons. The highest BCUT2D eigenvalue weighted by atomic mass is 16.5. The van der Waals surface area contributed by atoms with Crippen molar-refractivity contribution >= 4 is 5.97 Å². The number of rotatable bonds is 4. The van der Waals surface area contributed by atoms with Crippen molar-refractivity contribution in [1.29, 1.82) is 0 Å². The molecule has 1 atom stereocenters. The van der Waals surface area contributed by atoms with Crippen LogP contribution in [0, 0.1) is 0 Å². The van der Waals surface area contributed by atoms with Crippen LogP contribution in [0.2, 0.25) is 0 Å². The standard InChI is InChI=1S/C13H17NO3/c1-2-14-8-10-5-6-17-12-7-9(13(15)16)3-4-11(10)12/h3-4,7,10,14H,2,5-6,8H2,1H3,(H,15,16). The number of carboxylic acids is 1. The van der Waals surface area contributed by atoms with Gasteiger partial charge in [0.05, 0.1) is 12.2 Å². The minimum absolute atomic E-state index is 0.285. The molecular formula is C13H17NO3. The molecule has 0 spiro atoms. The number of likely N-dealkylation sites (N-methyl/N-ethyl adjacent to an activating group) is 1. The topological polar surface area (TPSA) is 58.6 Å². The molecule has 1 aromatic carbocycles. The molecule has 0 aliphatic carbocycles. The summed E-state index contributed by atoms with van der Waals surface area (Å²) in [5.41, 5.74) is 1.40. The van der Waals surface area contributed by atoms with Crippen LogP contribution in [0.25, 0.3) is 0 Å². The van der Waals surface area contributed by atoms with E-state index >= 15 is 0 Å². The molecule has 2 N–H and O–H groups in total. The van der Waals surface area contributed by atoms with Crippen LogP contribution in [0.4, 0.5) is 0 Å². The zero-order chi connectivity index (χ0) is 12.3. The molecular weight excluding hydrogens is 218 g/mol. The Morgan fingerprint density at radius 2 is 2.41 bits per heavy atom. The van der Waals surface area contributed by atoms with Gasteiger partial charge in [0.2, 0.25) is 0 Å². The third-order valence-corrected chi connectivity index (χ3v) is 3.06. The molecule has 0 saturated carbocycles. The van der Waals surface area contributed by atoms with Crippen molar-refractivity contribution in [2.75, 3.05) is 19.7 Å². The van der Waals surface area contributed by atoms with E-state index in [0.29, 0.717) is 12.5 Å². The van der Waals surface area contributed by atoms with E-state index in [4.69, 9.17) is 9.84 Å². The first-order valence-corrected chi connectivity index (χ1v) is 5.93. The van der Waals surface area contributed by atoms with Crippen molar-refractivity contribution in [3.05, 3.63) is 29.3 Å². The van der Waals surface area contributed by atoms with Gasteiger partial charge >= 0.3 is 5.97 Å². The molecule has 1 unspecified atom stereocenters. The summed E-state index contributed by atoms with van der Waals surface area (Å²) < 4.78 is 5.53. The van der Waals surface area contributed by atoms with Gasteiger partial charge in [-0.2, -0.15) is 0 Å². The lowest BCUT2D eigenvalue weighted by Gasteiger charge is -2.26. The molecule has 92 valence electrons. The first-order valence-electron chi connectivity index (χ1n) is 5.93. The van der Waals surface area contributed by atoms with Crippen LogP contribution in [0.5, 0.6) is 5.75 Å². The van der Waals surface area contributed by atoms with Gasteiger partial charge in [0.1, 0.15) is 5.75 Å². The Balaban J connectivity index is 2.23. The number of carbonyl (C=O) groups is 1. The van der Waals surface area contributed by atoms with Crippen LogP contribution >= 0.6 is 0 Å². The number of aromatic carboxylic acids is 1. The second kappa shape index (κ2) is 5.19. The summed E-state index contributed by atoms with van der Waals surface area (Å²) in [4.78, 5) is 10.9. The van der Waals surface area contributed by atoms with Crippen molar-refractivity contribution in [1.82, 2.24) is 5.32 Å². The monoisotopic (exact) mass is 235 g/mol.